The van der Waals surface area contributed by atoms with Crippen LogP contribution in [-0.4, -0.2) is 18.9 Å². The topological polar surface area (TPSA) is 64.6 Å². The molecule has 0 unspecified atom stereocenters. The van der Waals surface area contributed by atoms with Gasteiger partial charge in [-0.2, -0.15) is 0 Å². The summed E-state index contributed by atoms with van der Waals surface area (Å²) in [5.74, 6) is -0.856. The zero-order valence-electron chi connectivity index (χ0n) is 19.3. The van der Waals surface area contributed by atoms with Gasteiger partial charge in [0.15, 0.2) is 5.78 Å². The Balaban J connectivity index is 1.52. The monoisotopic (exact) mass is 539 g/mol. The molecule has 0 spiro atoms. The molecule has 2 aliphatic rings. The van der Waals surface area contributed by atoms with Crippen LogP contribution in [0.3, 0.4) is 0 Å². The van der Waals surface area contributed by atoms with Crippen LogP contribution in [0.5, 0.6) is 5.75 Å². The third-order valence-electron chi connectivity index (χ3n) is 6.32. The predicted octanol–water partition coefficient (Wildman–Crippen LogP) is 6.97. The minimum Gasteiger partial charge on any atom is -0.487 e. The second-order valence-corrected chi connectivity index (χ2v) is 9.70. The number of carbonyl (C=O) groups excluding carboxylic acids is 2. The molecular formula is C28H20Cl3NO4. The van der Waals surface area contributed by atoms with Gasteiger partial charge in [0.1, 0.15) is 12.4 Å². The largest absolute Gasteiger partial charge is 0.487 e. The number of esters is 1. The number of benzene rings is 3. The number of hydrogen-bond donors (Lipinski definition) is 1. The van der Waals surface area contributed by atoms with Crippen LogP contribution in [0.25, 0.3) is 5.70 Å². The first-order valence-electron chi connectivity index (χ1n) is 11.1. The molecule has 182 valence electrons. The van der Waals surface area contributed by atoms with Crippen molar-refractivity contribution < 1.29 is 19.1 Å². The molecule has 0 saturated heterocycles. The Hall–Kier alpha value is -3.25. The SMILES string of the molecule is COC(=O)C1=C(C)NC2=C(C(=O)c3ccccc32)[C@@H]1c1ccc(OCc2ccc(Cl)c(Cl)c2)c(Cl)c1. The van der Waals surface area contributed by atoms with E-state index >= 15 is 0 Å². The molecule has 1 N–H and O–H groups in total. The fraction of sp³-hybridized carbons (Fsp3) is 0.143. The highest BCUT2D eigenvalue weighted by molar-refractivity contribution is 6.42. The number of hydrogen-bond acceptors (Lipinski definition) is 5. The molecule has 1 atom stereocenters. The molecule has 8 heteroatoms. The van der Waals surface area contributed by atoms with Crippen LogP contribution in [0.1, 0.15) is 39.9 Å². The van der Waals surface area contributed by atoms with Crippen LogP contribution in [0.2, 0.25) is 15.1 Å². The van der Waals surface area contributed by atoms with Crippen LogP contribution in [-0.2, 0) is 16.1 Å². The van der Waals surface area contributed by atoms with E-state index in [4.69, 9.17) is 44.3 Å². The van der Waals surface area contributed by atoms with Crippen molar-refractivity contribution in [1.82, 2.24) is 5.32 Å². The van der Waals surface area contributed by atoms with Gasteiger partial charge in [-0.1, -0.05) is 71.2 Å². The molecule has 36 heavy (non-hydrogen) atoms. The normalized spacial score (nSPS) is 16.5. The smallest absolute Gasteiger partial charge is 0.336 e. The predicted molar refractivity (Wildman–Crippen MR) is 141 cm³/mol. The van der Waals surface area contributed by atoms with E-state index in [2.05, 4.69) is 5.32 Å². The highest BCUT2D eigenvalue weighted by Gasteiger charge is 2.42. The molecule has 0 bridgehead atoms. The van der Waals surface area contributed by atoms with Crippen LogP contribution in [0, 0.1) is 0 Å². The van der Waals surface area contributed by atoms with Crippen molar-refractivity contribution in [2.75, 3.05) is 7.11 Å². The van der Waals surface area contributed by atoms with E-state index in [1.165, 1.54) is 7.11 Å². The molecule has 0 fully saturated rings. The second-order valence-electron chi connectivity index (χ2n) is 8.48. The van der Waals surface area contributed by atoms with Gasteiger partial charge in [-0.25, -0.2) is 4.79 Å². The van der Waals surface area contributed by atoms with Crippen molar-refractivity contribution >= 4 is 52.3 Å². The summed E-state index contributed by atoms with van der Waals surface area (Å²) in [6.45, 7) is 2.03. The van der Waals surface area contributed by atoms with Crippen molar-refractivity contribution in [3.8, 4) is 5.75 Å². The first kappa shape index (κ1) is 24.4. The van der Waals surface area contributed by atoms with Crippen molar-refractivity contribution in [3.05, 3.63) is 115 Å². The minimum absolute atomic E-state index is 0.136. The molecule has 0 aromatic heterocycles. The average Bonchev–Trinajstić information content (AvgIpc) is 3.15. The van der Waals surface area contributed by atoms with Gasteiger partial charge in [-0.05, 0) is 42.3 Å². The Morgan fingerprint density at radius 2 is 1.69 bits per heavy atom. The van der Waals surface area contributed by atoms with Crippen LogP contribution < -0.4 is 10.1 Å². The van der Waals surface area contributed by atoms with Crippen molar-refractivity contribution in [3.63, 3.8) is 0 Å². The Kier molecular flexibility index (Phi) is 6.56. The van der Waals surface area contributed by atoms with Gasteiger partial charge >= 0.3 is 5.97 Å². The number of methoxy groups -OCH3 is 1. The Morgan fingerprint density at radius 1 is 0.944 bits per heavy atom. The summed E-state index contributed by atoms with van der Waals surface area (Å²) in [5.41, 5.74) is 5.06. The average molecular weight is 541 g/mol. The van der Waals surface area contributed by atoms with Crippen LogP contribution in [0.15, 0.2) is 77.5 Å². The number of ether oxygens (including phenoxy) is 2. The van der Waals surface area contributed by atoms with Gasteiger partial charge in [-0.3, -0.25) is 4.79 Å². The number of allylic oxidation sites excluding steroid dienone is 2. The maximum absolute atomic E-state index is 13.5. The fourth-order valence-corrected chi connectivity index (χ4v) is 5.21. The van der Waals surface area contributed by atoms with E-state index in [1.54, 1.807) is 37.3 Å². The van der Waals surface area contributed by atoms with E-state index in [9.17, 15) is 9.59 Å². The first-order valence-corrected chi connectivity index (χ1v) is 12.2. The number of carbonyl (C=O) groups is 2. The molecule has 3 aromatic carbocycles. The lowest BCUT2D eigenvalue weighted by atomic mass is 9.80. The molecule has 1 aliphatic carbocycles. The van der Waals surface area contributed by atoms with E-state index in [0.29, 0.717) is 54.5 Å². The maximum atomic E-state index is 13.5. The molecule has 0 saturated carbocycles. The summed E-state index contributed by atoms with van der Waals surface area (Å²) in [6.07, 6.45) is 0. The third-order valence-corrected chi connectivity index (χ3v) is 7.36. The quantitative estimate of drug-likeness (QED) is 0.354. The summed E-state index contributed by atoms with van der Waals surface area (Å²) in [4.78, 5) is 26.4. The zero-order valence-corrected chi connectivity index (χ0v) is 21.6. The third kappa shape index (κ3) is 4.17. The lowest BCUT2D eigenvalue weighted by molar-refractivity contribution is -0.136. The summed E-state index contributed by atoms with van der Waals surface area (Å²) in [6, 6.07) is 17.9. The molecule has 1 aliphatic heterocycles. The fourth-order valence-electron chi connectivity index (χ4n) is 4.65. The van der Waals surface area contributed by atoms with Crippen molar-refractivity contribution in [1.29, 1.82) is 0 Å². The molecule has 3 aromatic rings. The highest BCUT2D eigenvalue weighted by atomic mass is 35.5. The number of nitrogens with one attached hydrogen (secondary N) is 1. The number of Topliss-reactive ketones (excluding diaryl/α,β-unsaturated/α-hetero) is 1. The number of fused-ring (bicyclic) bond motifs is 2. The van der Waals surface area contributed by atoms with Gasteiger partial charge < -0.3 is 14.8 Å². The van der Waals surface area contributed by atoms with Gasteiger partial charge in [0, 0.05) is 28.3 Å². The lowest BCUT2D eigenvalue weighted by Crippen LogP contribution is -2.29. The maximum Gasteiger partial charge on any atom is 0.336 e. The standard InChI is InChI=1S/C28H20Cl3NO4/c1-14-23(28(34)35-2)24(25-26(32-14)17-5-3-4-6-18(17)27(25)33)16-8-10-22(21(31)12-16)36-13-15-7-9-19(29)20(30)11-15/h3-12,24,32H,13H2,1-2H3/t24-/m1/s1. The molecule has 5 nitrogen and oxygen atoms in total. The van der Waals surface area contributed by atoms with Crippen LogP contribution >= 0.6 is 34.8 Å². The Labute approximate surface area is 223 Å². The van der Waals surface area contributed by atoms with E-state index in [0.717, 1.165) is 11.1 Å². The van der Waals surface area contributed by atoms with Gasteiger partial charge in [0.05, 0.1) is 33.4 Å². The second kappa shape index (κ2) is 9.66. The molecule has 5 rings (SSSR count). The summed E-state index contributed by atoms with van der Waals surface area (Å²) < 4.78 is 11.0. The van der Waals surface area contributed by atoms with Gasteiger partial charge in [0.2, 0.25) is 0 Å². The van der Waals surface area contributed by atoms with E-state index < -0.39 is 11.9 Å². The minimum atomic E-state index is -0.657. The van der Waals surface area contributed by atoms with Crippen molar-refractivity contribution in [2.45, 2.75) is 19.4 Å². The van der Waals surface area contributed by atoms with Crippen LogP contribution in [0.4, 0.5) is 0 Å². The molecule has 1 heterocycles. The number of dihydropyridines is 1. The van der Waals surface area contributed by atoms with Gasteiger partial charge in [0.25, 0.3) is 0 Å². The zero-order chi connectivity index (χ0) is 25.6. The summed E-state index contributed by atoms with van der Waals surface area (Å²) in [7, 11) is 1.32. The van der Waals surface area contributed by atoms with E-state index in [-0.39, 0.29) is 12.4 Å². The van der Waals surface area contributed by atoms with Gasteiger partial charge in [-0.15, -0.1) is 0 Å². The number of halogens is 3. The molecule has 0 amide bonds. The number of ketones is 1. The first-order chi connectivity index (χ1) is 17.3. The number of rotatable bonds is 5. The van der Waals surface area contributed by atoms with Crippen molar-refractivity contribution in [2.24, 2.45) is 0 Å². The highest BCUT2D eigenvalue weighted by Crippen LogP contribution is 2.47. The van der Waals surface area contributed by atoms with E-state index in [1.807, 2.05) is 30.3 Å². The molecule has 0 radical (unpaired) electrons. The lowest BCUT2D eigenvalue weighted by Gasteiger charge is -2.29. The Morgan fingerprint density at radius 3 is 2.39 bits per heavy atom. The summed E-state index contributed by atoms with van der Waals surface area (Å²) >= 11 is 18.7. The summed E-state index contributed by atoms with van der Waals surface area (Å²) in [5, 5.41) is 4.51. The Bertz CT molecular complexity index is 1490. The molecular weight excluding hydrogens is 521 g/mol.